The third-order valence-corrected chi connectivity index (χ3v) is 3.90. The molecule has 1 aliphatic carbocycles. The summed E-state index contributed by atoms with van der Waals surface area (Å²) in [7, 11) is 0. The van der Waals surface area contributed by atoms with Crippen molar-refractivity contribution in [2.75, 3.05) is 30.3 Å². The largest absolute Gasteiger partial charge is 0.397 e. The van der Waals surface area contributed by atoms with Crippen LogP contribution in [0.4, 0.5) is 11.5 Å². The van der Waals surface area contributed by atoms with Crippen LogP contribution in [0.2, 0.25) is 0 Å². The van der Waals surface area contributed by atoms with Crippen molar-refractivity contribution in [3.63, 3.8) is 0 Å². The maximum absolute atomic E-state index is 5.78. The van der Waals surface area contributed by atoms with Gasteiger partial charge in [-0.3, -0.25) is 0 Å². The Morgan fingerprint density at radius 3 is 2.76 bits per heavy atom. The fourth-order valence-corrected chi connectivity index (χ4v) is 3.08. The predicted molar refractivity (Wildman–Crippen MR) is 67.9 cm³/mol. The number of aromatic nitrogens is 1. The normalized spacial score (nSPS) is 31.1. The summed E-state index contributed by atoms with van der Waals surface area (Å²) in [6.45, 7) is 5.04. The third kappa shape index (κ3) is 1.86. The van der Waals surface area contributed by atoms with Crippen LogP contribution in [-0.2, 0) is 4.74 Å². The van der Waals surface area contributed by atoms with Crippen molar-refractivity contribution in [3.05, 3.63) is 18.3 Å². The Morgan fingerprint density at radius 2 is 2.18 bits per heavy atom. The van der Waals surface area contributed by atoms with E-state index < -0.39 is 0 Å². The van der Waals surface area contributed by atoms with Crippen molar-refractivity contribution in [2.24, 2.45) is 11.8 Å². The van der Waals surface area contributed by atoms with Gasteiger partial charge in [-0.05, 0) is 25.5 Å². The minimum Gasteiger partial charge on any atom is -0.397 e. The second-order valence-corrected chi connectivity index (χ2v) is 5.03. The third-order valence-electron chi connectivity index (χ3n) is 3.90. The fraction of sp³-hybridized carbons (Fsp3) is 0.615. The first kappa shape index (κ1) is 10.8. The highest BCUT2D eigenvalue weighted by atomic mass is 16.5. The van der Waals surface area contributed by atoms with Gasteiger partial charge in [0, 0.05) is 31.5 Å². The lowest BCUT2D eigenvalue weighted by molar-refractivity contribution is -0.0997. The predicted octanol–water partition coefficient (Wildman–Crippen LogP) is 1.52. The molecule has 0 amide bonds. The summed E-state index contributed by atoms with van der Waals surface area (Å²) in [6.07, 6.45) is 3.54. The molecule has 1 aromatic heterocycles. The quantitative estimate of drug-likeness (QED) is 0.860. The van der Waals surface area contributed by atoms with Crippen LogP contribution in [0, 0.1) is 11.8 Å². The Morgan fingerprint density at radius 1 is 1.41 bits per heavy atom. The monoisotopic (exact) mass is 233 g/mol. The molecule has 2 N–H and O–H groups in total. The van der Waals surface area contributed by atoms with Crippen molar-refractivity contribution in [1.82, 2.24) is 4.98 Å². The zero-order chi connectivity index (χ0) is 11.8. The molecule has 4 heteroatoms. The van der Waals surface area contributed by atoms with Crippen LogP contribution in [-0.4, -0.2) is 30.8 Å². The maximum atomic E-state index is 5.78. The highest BCUT2D eigenvalue weighted by Gasteiger charge is 2.47. The van der Waals surface area contributed by atoms with Crippen molar-refractivity contribution in [1.29, 1.82) is 0 Å². The standard InChI is InChI=1S/C13H19N3O/c1-2-17-13-9-5-10(13)8-16(7-9)12-4-3-11(14)6-15-12/h3-4,6,9-10,13H,2,5,7-8,14H2,1H3/t9-,10-/m0/s1. The van der Waals surface area contributed by atoms with E-state index in [4.69, 9.17) is 10.5 Å². The van der Waals surface area contributed by atoms with Gasteiger partial charge in [-0.15, -0.1) is 0 Å². The molecule has 2 atom stereocenters. The molecule has 2 saturated heterocycles. The molecular formula is C13H19N3O. The van der Waals surface area contributed by atoms with Crippen molar-refractivity contribution in [2.45, 2.75) is 19.4 Å². The topological polar surface area (TPSA) is 51.4 Å². The van der Waals surface area contributed by atoms with E-state index in [0.717, 1.165) is 31.2 Å². The molecule has 4 nitrogen and oxygen atoms in total. The average Bonchev–Trinajstić information content (AvgIpc) is 2.37. The van der Waals surface area contributed by atoms with Crippen LogP contribution in [0.5, 0.6) is 0 Å². The average molecular weight is 233 g/mol. The van der Waals surface area contributed by atoms with Gasteiger partial charge in [0.05, 0.1) is 18.0 Å². The van der Waals surface area contributed by atoms with Gasteiger partial charge >= 0.3 is 0 Å². The molecule has 2 aliphatic heterocycles. The number of anilines is 2. The zero-order valence-electron chi connectivity index (χ0n) is 10.2. The lowest BCUT2D eigenvalue weighted by Crippen LogP contribution is -2.59. The highest BCUT2D eigenvalue weighted by molar-refractivity contribution is 5.46. The Labute approximate surface area is 102 Å². The first-order valence-electron chi connectivity index (χ1n) is 6.36. The number of ether oxygens (including phenoxy) is 1. The summed E-state index contributed by atoms with van der Waals surface area (Å²) in [6, 6.07) is 3.93. The Bertz CT molecular complexity index is 380. The molecule has 17 heavy (non-hydrogen) atoms. The van der Waals surface area contributed by atoms with Crippen LogP contribution in [0.1, 0.15) is 13.3 Å². The van der Waals surface area contributed by atoms with Gasteiger partial charge in [-0.25, -0.2) is 4.98 Å². The number of fused-ring (bicyclic) bond motifs is 2. The molecule has 0 radical (unpaired) electrons. The first-order chi connectivity index (χ1) is 8.28. The molecule has 3 heterocycles. The van der Waals surface area contributed by atoms with Crippen LogP contribution >= 0.6 is 0 Å². The van der Waals surface area contributed by atoms with Crippen LogP contribution in [0.15, 0.2) is 18.3 Å². The SMILES string of the molecule is CCOC1[C@H]2C[C@H]1CN(c1ccc(N)cn1)C2. The van der Waals surface area contributed by atoms with Gasteiger partial charge < -0.3 is 15.4 Å². The maximum Gasteiger partial charge on any atom is 0.128 e. The summed E-state index contributed by atoms with van der Waals surface area (Å²) in [5, 5.41) is 0. The van der Waals surface area contributed by atoms with Gasteiger partial charge in [0.2, 0.25) is 0 Å². The van der Waals surface area contributed by atoms with Crippen molar-refractivity contribution >= 4 is 11.5 Å². The molecule has 0 unspecified atom stereocenters. The highest BCUT2D eigenvalue weighted by Crippen LogP contribution is 2.43. The fourth-order valence-electron chi connectivity index (χ4n) is 3.08. The second kappa shape index (κ2) is 4.18. The summed E-state index contributed by atoms with van der Waals surface area (Å²) < 4.78 is 5.78. The minimum atomic E-state index is 0.491. The molecule has 3 aliphatic rings. The van der Waals surface area contributed by atoms with E-state index in [1.165, 1.54) is 6.42 Å². The molecule has 4 rings (SSSR count). The van der Waals surface area contributed by atoms with E-state index >= 15 is 0 Å². The van der Waals surface area contributed by atoms with Crippen LogP contribution in [0.25, 0.3) is 0 Å². The minimum absolute atomic E-state index is 0.491. The van der Waals surface area contributed by atoms with E-state index in [1.807, 2.05) is 12.1 Å². The van der Waals surface area contributed by atoms with E-state index in [0.29, 0.717) is 17.9 Å². The molecule has 1 saturated carbocycles. The molecule has 2 bridgehead atoms. The van der Waals surface area contributed by atoms with E-state index in [1.54, 1.807) is 6.20 Å². The molecular weight excluding hydrogens is 214 g/mol. The summed E-state index contributed by atoms with van der Waals surface area (Å²) >= 11 is 0. The molecule has 3 fully saturated rings. The molecule has 92 valence electrons. The Balaban J connectivity index is 1.67. The van der Waals surface area contributed by atoms with E-state index in [-0.39, 0.29) is 0 Å². The summed E-state index contributed by atoms with van der Waals surface area (Å²) in [5.74, 6) is 2.42. The molecule has 0 spiro atoms. The van der Waals surface area contributed by atoms with Crippen molar-refractivity contribution in [3.8, 4) is 0 Å². The Hall–Kier alpha value is -1.29. The van der Waals surface area contributed by atoms with Crippen LogP contribution in [0.3, 0.4) is 0 Å². The number of piperidine rings is 2. The van der Waals surface area contributed by atoms with Gasteiger partial charge in [0.1, 0.15) is 5.82 Å². The van der Waals surface area contributed by atoms with Crippen molar-refractivity contribution < 1.29 is 4.74 Å². The van der Waals surface area contributed by atoms with Gasteiger partial charge in [-0.1, -0.05) is 0 Å². The van der Waals surface area contributed by atoms with Gasteiger partial charge in [0.15, 0.2) is 0 Å². The second-order valence-electron chi connectivity index (χ2n) is 5.03. The smallest absolute Gasteiger partial charge is 0.128 e. The van der Waals surface area contributed by atoms with Gasteiger partial charge in [-0.2, -0.15) is 0 Å². The number of nitrogens with zero attached hydrogens (tertiary/aromatic N) is 2. The molecule has 1 aromatic rings. The first-order valence-corrected chi connectivity index (χ1v) is 6.36. The lowest BCUT2D eigenvalue weighted by Gasteiger charge is -2.53. The number of hydrogen-bond donors (Lipinski definition) is 1. The van der Waals surface area contributed by atoms with E-state index in [9.17, 15) is 0 Å². The number of rotatable bonds is 3. The number of nitrogen functional groups attached to an aromatic ring is 1. The van der Waals surface area contributed by atoms with Crippen LogP contribution < -0.4 is 10.6 Å². The number of nitrogens with two attached hydrogens (primary N) is 1. The molecule has 0 aromatic carbocycles. The van der Waals surface area contributed by atoms with Gasteiger partial charge in [0.25, 0.3) is 0 Å². The number of pyridine rings is 1. The Kier molecular flexibility index (Phi) is 2.67. The summed E-state index contributed by atoms with van der Waals surface area (Å²) in [5.41, 5.74) is 6.38. The number of hydrogen-bond acceptors (Lipinski definition) is 4. The zero-order valence-corrected chi connectivity index (χ0v) is 10.2. The summed E-state index contributed by atoms with van der Waals surface area (Å²) in [4.78, 5) is 6.74. The lowest BCUT2D eigenvalue weighted by atomic mass is 9.68. The van der Waals surface area contributed by atoms with E-state index in [2.05, 4.69) is 16.8 Å².